The second-order valence-electron chi connectivity index (χ2n) is 6.94. The van der Waals surface area contributed by atoms with Crippen molar-refractivity contribution in [3.63, 3.8) is 0 Å². The molecule has 2 aromatic heterocycles. The van der Waals surface area contributed by atoms with Crippen molar-refractivity contribution in [2.24, 2.45) is 4.99 Å². The van der Waals surface area contributed by atoms with Gasteiger partial charge in [-0.05, 0) is 43.3 Å². The first-order chi connectivity index (χ1) is 14.1. The van der Waals surface area contributed by atoms with Crippen molar-refractivity contribution in [3.05, 3.63) is 75.6 Å². The van der Waals surface area contributed by atoms with Gasteiger partial charge in [-0.15, -0.1) is 11.3 Å². The first kappa shape index (κ1) is 19.6. The topological polar surface area (TPSA) is 57.6 Å². The minimum Gasteiger partial charge on any atom is -0.353 e. The van der Waals surface area contributed by atoms with Crippen LogP contribution < -0.4 is 5.32 Å². The average Bonchev–Trinajstić information content (AvgIpc) is 3.37. The van der Waals surface area contributed by atoms with E-state index in [1.165, 1.54) is 17.5 Å². The van der Waals surface area contributed by atoms with Crippen LogP contribution in [-0.2, 0) is 0 Å². The van der Waals surface area contributed by atoms with E-state index < -0.39 is 0 Å². The highest BCUT2D eigenvalue weighted by Crippen LogP contribution is 2.29. The van der Waals surface area contributed by atoms with E-state index in [4.69, 9.17) is 16.6 Å². The second kappa shape index (κ2) is 8.76. The minimum absolute atomic E-state index is 0.226. The summed E-state index contributed by atoms with van der Waals surface area (Å²) in [6.45, 7) is 3.19. The second-order valence-corrected chi connectivity index (χ2v) is 8.29. The predicted octanol–water partition coefficient (Wildman–Crippen LogP) is 5.61. The molecule has 1 unspecified atom stereocenters. The Morgan fingerprint density at radius 1 is 1.24 bits per heavy atom. The number of benzene rings is 1. The molecule has 1 amide bonds. The van der Waals surface area contributed by atoms with Crippen LogP contribution in [0.25, 0.3) is 0 Å². The van der Waals surface area contributed by atoms with Gasteiger partial charge in [-0.2, -0.15) is 0 Å². The Hall–Kier alpha value is -2.70. The van der Waals surface area contributed by atoms with Crippen molar-refractivity contribution < 1.29 is 4.79 Å². The summed E-state index contributed by atoms with van der Waals surface area (Å²) in [5.74, 6) is 1.14. The Bertz CT molecular complexity index is 1020. The molecule has 1 N–H and O–H groups in total. The first-order valence-electron chi connectivity index (χ1n) is 9.53. The highest BCUT2D eigenvalue weighted by atomic mass is 35.5. The van der Waals surface area contributed by atoms with E-state index in [9.17, 15) is 4.79 Å². The monoisotopic (exact) mass is 424 g/mol. The van der Waals surface area contributed by atoms with Crippen LogP contribution in [-0.4, -0.2) is 34.2 Å². The number of likely N-dealkylation sites (tertiary alicyclic amines) is 1. The third-order valence-electron chi connectivity index (χ3n) is 4.90. The molecule has 29 heavy (non-hydrogen) atoms. The van der Waals surface area contributed by atoms with Crippen LogP contribution in [0.4, 0.5) is 11.5 Å². The lowest BCUT2D eigenvalue weighted by Gasteiger charge is -2.25. The van der Waals surface area contributed by atoms with Gasteiger partial charge in [-0.25, -0.2) is 9.98 Å². The lowest BCUT2D eigenvalue weighted by Crippen LogP contribution is -2.34. The van der Waals surface area contributed by atoms with Crippen molar-refractivity contribution in [2.75, 3.05) is 11.9 Å². The molecule has 5 nitrogen and oxygen atoms in total. The Labute approximate surface area is 179 Å². The molecular formula is C22H21ClN4OS. The number of aliphatic imine (C=N–C) groups is 1. The van der Waals surface area contributed by atoms with Gasteiger partial charge in [0.15, 0.2) is 0 Å². The number of carbonyl (C=O) groups is 1. The molecule has 1 atom stereocenters. The number of carbonyl (C=O) groups excluding carboxylic acids is 1. The van der Waals surface area contributed by atoms with Crippen molar-refractivity contribution in [3.8, 4) is 0 Å². The molecule has 3 heterocycles. The summed E-state index contributed by atoms with van der Waals surface area (Å²) in [6.07, 6.45) is 3.80. The van der Waals surface area contributed by atoms with Crippen LogP contribution in [0.3, 0.4) is 0 Å². The Kier molecular flexibility index (Phi) is 5.92. The smallest absolute Gasteiger partial charge is 0.269 e. The van der Waals surface area contributed by atoms with Crippen molar-refractivity contribution in [1.29, 1.82) is 0 Å². The molecule has 148 valence electrons. The third kappa shape index (κ3) is 4.49. The predicted molar refractivity (Wildman–Crippen MR) is 120 cm³/mol. The van der Waals surface area contributed by atoms with Gasteiger partial charge < -0.3 is 10.2 Å². The number of thiophene rings is 1. The molecule has 1 aromatic carbocycles. The maximum atomic E-state index is 12.8. The number of rotatable bonds is 4. The van der Waals surface area contributed by atoms with E-state index in [0.29, 0.717) is 27.4 Å². The summed E-state index contributed by atoms with van der Waals surface area (Å²) in [5, 5.41) is 5.23. The average molecular weight is 425 g/mol. The molecule has 0 spiro atoms. The number of aromatic nitrogens is 1. The molecule has 4 rings (SSSR count). The van der Waals surface area contributed by atoms with Gasteiger partial charge in [-0.1, -0.05) is 41.9 Å². The summed E-state index contributed by atoms with van der Waals surface area (Å²) < 4.78 is 0. The van der Waals surface area contributed by atoms with Gasteiger partial charge >= 0.3 is 0 Å². The fourth-order valence-corrected chi connectivity index (χ4v) is 4.26. The van der Waals surface area contributed by atoms with E-state index in [2.05, 4.69) is 34.3 Å². The molecule has 3 aromatic rings. The fourth-order valence-electron chi connectivity index (χ4n) is 3.43. The van der Waals surface area contributed by atoms with Crippen LogP contribution in [0.5, 0.6) is 0 Å². The number of anilines is 1. The summed E-state index contributed by atoms with van der Waals surface area (Å²) in [6, 6.07) is 15.8. The number of hydrogen-bond acceptors (Lipinski definition) is 4. The van der Waals surface area contributed by atoms with Crippen LogP contribution >= 0.6 is 22.9 Å². The van der Waals surface area contributed by atoms with Gasteiger partial charge in [-0.3, -0.25) is 4.79 Å². The molecule has 0 aliphatic carbocycles. The van der Waals surface area contributed by atoms with Crippen LogP contribution in [0.1, 0.15) is 35.0 Å². The standard InChI is InChI=1S/C22H21ClN4OS/c1-15-6-5-12-27(15)21(16-7-3-2-4-8-16)25-18-11-13-29-20(18)22(28)26-19-10-9-17(23)14-24-19/h2-4,7-11,13-15H,5-6,12H2,1H3,(H,24,26,28). The van der Waals surface area contributed by atoms with E-state index in [0.717, 1.165) is 30.8 Å². The number of nitrogens with one attached hydrogen (secondary N) is 1. The van der Waals surface area contributed by atoms with E-state index in [-0.39, 0.29) is 5.91 Å². The van der Waals surface area contributed by atoms with Crippen molar-refractivity contribution >= 4 is 46.2 Å². The molecular weight excluding hydrogens is 404 g/mol. The molecule has 1 fully saturated rings. The molecule has 0 bridgehead atoms. The Morgan fingerprint density at radius 2 is 2.07 bits per heavy atom. The Balaban J connectivity index is 1.66. The first-order valence-corrected chi connectivity index (χ1v) is 10.8. The highest BCUT2D eigenvalue weighted by molar-refractivity contribution is 7.12. The Morgan fingerprint density at radius 3 is 2.76 bits per heavy atom. The quantitative estimate of drug-likeness (QED) is 0.437. The summed E-state index contributed by atoms with van der Waals surface area (Å²) in [7, 11) is 0. The molecule has 7 heteroatoms. The zero-order valence-electron chi connectivity index (χ0n) is 16.0. The summed E-state index contributed by atoms with van der Waals surface area (Å²) in [5.41, 5.74) is 1.72. The number of hydrogen-bond donors (Lipinski definition) is 1. The molecule has 1 aliphatic rings. The fraction of sp³-hybridized carbons (Fsp3) is 0.227. The highest BCUT2D eigenvalue weighted by Gasteiger charge is 2.25. The number of amides is 1. The number of pyridine rings is 1. The van der Waals surface area contributed by atoms with Gasteiger partial charge in [0.2, 0.25) is 0 Å². The summed E-state index contributed by atoms with van der Waals surface area (Å²) in [4.78, 5) is 24.8. The normalized spacial score (nSPS) is 16.8. The van der Waals surface area contributed by atoms with E-state index in [1.807, 2.05) is 29.6 Å². The van der Waals surface area contributed by atoms with Gasteiger partial charge in [0, 0.05) is 24.3 Å². The summed E-state index contributed by atoms with van der Waals surface area (Å²) >= 11 is 7.24. The minimum atomic E-state index is -0.226. The third-order valence-corrected chi connectivity index (χ3v) is 6.03. The maximum absolute atomic E-state index is 12.8. The lowest BCUT2D eigenvalue weighted by molar-refractivity contribution is 0.103. The van der Waals surface area contributed by atoms with Crippen molar-refractivity contribution in [1.82, 2.24) is 9.88 Å². The molecule has 1 saturated heterocycles. The van der Waals surface area contributed by atoms with E-state index in [1.54, 1.807) is 12.1 Å². The maximum Gasteiger partial charge on any atom is 0.269 e. The van der Waals surface area contributed by atoms with Gasteiger partial charge in [0.25, 0.3) is 5.91 Å². The number of halogens is 1. The molecule has 0 saturated carbocycles. The molecule has 0 radical (unpaired) electrons. The zero-order chi connectivity index (χ0) is 20.2. The number of amidine groups is 1. The van der Waals surface area contributed by atoms with Crippen LogP contribution in [0, 0.1) is 0 Å². The zero-order valence-corrected chi connectivity index (χ0v) is 17.6. The largest absolute Gasteiger partial charge is 0.353 e. The van der Waals surface area contributed by atoms with Gasteiger partial charge in [0.1, 0.15) is 16.5 Å². The number of nitrogens with zero attached hydrogens (tertiary/aromatic N) is 3. The molecule has 1 aliphatic heterocycles. The van der Waals surface area contributed by atoms with E-state index >= 15 is 0 Å². The van der Waals surface area contributed by atoms with Crippen LogP contribution in [0.15, 0.2) is 65.1 Å². The van der Waals surface area contributed by atoms with Gasteiger partial charge in [0.05, 0.1) is 10.7 Å². The lowest BCUT2D eigenvalue weighted by atomic mass is 10.1. The van der Waals surface area contributed by atoms with Crippen LogP contribution in [0.2, 0.25) is 5.02 Å². The SMILES string of the molecule is CC1CCCN1C(=Nc1ccsc1C(=O)Nc1ccc(Cl)cn1)c1ccccc1. The van der Waals surface area contributed by atoms with Crippen molar-refractivity contribution in [2.45, 2.75) is 25.8 Å².